The highest BCUT2D eigenvalue weighted by atomic mass is 32.2. The zero-order chi connectivity index (χ0) is 23.5. The van der Waals surface area contributed by atoms with Gasteiger partial charge in [0.2, 0.25) is 0 Å². The zero-order valence-corrected chi connectivity index (χ0v) is 23.1. The van der Waals surface area contributed by atoms with Crippen molar-refractivity contribution in [3.05, 3.63) is 0 Å². The van der Waals surface area contributed by atoms with Crippen molar-refractivity contribution < 1.29 is 0 Å². The number of amidine groups is 4. The van der Waals surface area contributed by atoms with E-state index >= 15 is 0 Å². The highest BCUT2D eigenvalue weighted by Crippen LogP contribution is 2.29. The summed E-state index contributed by atoms with van der Waals surface area (Å²) in [5.41, 5.74) is 21.9. The molecule has 0 aliphatic rings. The van der Waals surface area contributed by atoms with Gasteiger partial charge >= 0.3 is 0 Å². The fourth-order valence-electron chi connectivity index (χ4n) is 1.92. The van der Waals surface area contributed by atoms with Crippen LogP contribution in [0.1, 0.15) is 0 Å². The Kier molecular flexibility index (Phi) is 21.1. The Balaban J connectivity index is 4.53. The van der Waals surface area contributed by atoms with Crippen molar-refractivity contribution in [3.63, 3.8) is 0 Å². The molecular formula is C16H34N8S7. The number of thioether (sulfide) groups is 7. The van der Waals surface area contributed by atoms with Crippen LogP contribution >= 0.6 is 82.3 Å². The lowest BCUT2D eigenvalue weighted by atomic mass is 10.5. The largest absolute Gasteiger partial charge is 0.387 e. The van der Waals surface area contributed by atoms with Crippen molar-refractivity contribution in [2.24, 2.45) is 22.9 Å². The third-order valence-electron chi connectivity index (χ3n) is 3.10. The van der Waals surface area contributed by atoms with Crippen LogP contribution in [0.2, 0.25) is 0 Å². The maximum atomic E-state index is 7.53. The van der Waals surface area contributed by atoms with Gasteiger partial charge in [0.25, 0.3) is 0 Å². The van der Waals surface area contributed by atoms with Gasteiger partial charge in [0, 0.05) is 56.5 Å². The van der Waals surface area contributed by atoms with Crippen molar-refractivity contribution in [1.82, 2.24) is 0 Å². The molecule has 2 atom stereocenters. The Hall–Kier alpha value is 0.330. The summed E-state index contributed by atoms with van der Waals surface area (Å²) in [4.78, 5) is 0. The van der Waals surface area contributed by atoms with Crippen molar-refractivity contribution >= 4 is 104 Å². The van der Waals surface area contributed by atoms with Crippen LogP contribution in [0, 0.1) is 21.6 Å². The molecule has 0 saturated heterocycles. The molecule has 8 nitrogen and oxygen atoms in total. The Labute approximate surface area is 215 Å². The van der Waals surface area contributed by atoms with Crippen molar-refractivity contribution in [3.8, 4) is 0 Å². The minimum absolute atomic E-state index is 0.138. The number of hydrogen-bond donors (Lipinski definition) is 8. The first kappa shape index (κ1) is 31.3. The molecule has 15 heteroatoms. The fourth-order valence-corrected chi connectivity index (χ4v) is 9.68. The first-order valence-electron chi connectivity index (χ1n) is 9.26. The normalized spacial score (nSPS) is 12.9. The molecular weight excluding hydrogens is 529 g/mol. The van der Waals surface area contributed by atoms with Gasteiger partial charge in [-0.1, -0.05) is 23.5 Å². The molecule has 0 aliphatic heterocycles. The van der Waals surface area contributed by atoms with E-state index in [2.05, 4.69) is 0 Å². The highest BCUT2D eigenvalue weighted by molar-refractivity contribution is 8.16. The summed E-state index contributed by atoms with van der Waals surface area (Å²) in [6.45, 7) is 0. The summed E-state index contributed by atoms with van der Waals surface area (Å²) in [5, 5.41) is 30.6. The van der Waals surface area contributed by atoms with Gasteiger partial charge in [-0.3, -0.25) is 21.6 Å². The van der Waals surface area contributed by atoms with Gasteiger partial charge < -0.3 is 22.9 Å². The van der Waals surface area contributed by atoms with Crippen LogP contribution in [0.15, 0.2) is 0 Å². The smallest absolute Gasteiger partial charge is 0.151 e. The Bertz CT molecular complexity index is 506. The summed E-state index contributed by atoms with van der Waals surface area (Å²) in [5.74, 6) is 8.98. The first-order valence-corrected chi connectivity index (χ1v) is 16.8. The second kappa shape index (κ2) is 20.9. The van der Waals surface area contributed by atoms with E-state index in [9.17, 15) is 0 Å². The Morgan fingerprint density at radius 3 is 1.23 bits per heavy atom. The summed E-state index contributed by atoms with van der Waals surface area (Å²) >= 11 is 11.7. The van der Waals surface area contributed by atoms with Gasteiger partial charge in [-0.15, -0.1) is 0 Å². The third kappa shape index (κ3) is 23.3. The van der Waals surface area contributed by atoms with Crippen LogP contribution in [0.25, 0.3) is 0 Å². The maximum Gasteiger partial charge on any atom is 0.151 e. The molecule has 0 bridgehead atoms. The molecule has 0 amide bonds. The van der Waals surface area contributed by atoms with E-state index in [-0.39, 0.29) is 22.0 Å². The predicted octanol–water partition coefficient (Wildman–Crippen LogP) is 2.51. The van der Waals surface area contributed by atoms with Crippen LogP contribution < -0.4 is 22.9 Å². The summed E-state index contributed by atoms with van der Waals surface area (Å²) < 4.78 is 0. The molecule has 0 spiro atoms. The molecule has 0 aromatic heterocycles. The minimum Gasteiger partial charge on any atom is -0.387 e. The molecule has 2 unspecified atom stereocenters. The lowest BCUT2D eigenvalue weighted by Gasteiger charge is -2.23. The van der Waals surface area contributed by atoms with Crippen molar-refractivity contribution in [2.75, 3.05) is 57.5 Å². The average Bonchev–Trinajstić information content (AvgIpc) is 2.67. The van der Waals surface area contributed by atoms with E-state index in [1.807, 2.05) is 35.3 Å². The molecule has 180 valence electrons. The van der Waals surface area contributed by atoms with Crippen molar-refractivity contribution in [1.29, 1.82) is 21.6 Å². The number of nitrogens with one attached hydrogen (secondary N) is 4. The van der Waals surface area contributed by atoms with Gasteiger partial charge in [0.05, 0.1) is 11.5 Å². The van der Waals surface area contributed by atoms with Crippen LogP contribution in [-0.4, -0.2) is 90.0 Å². The van der Waals surface area contributed by atoms with Gasteiger partial charge in [0.1, 0.15) is 11.7 Å². The first-order chi connectivity index (χ1) is 14.7. The molecule has 31 heavy (non-hydrogen) atoms. The molecule has 0 aliphatic carbocycles. The zero-order valence-electron chi connectivity index (χ0n) is 17.4. The molecule has 0 rings (SSSR count). The topological polar surface area (TPSA) is 199 Å². The van der Waals surface area contributed by atoms with E-state index < -0.39 is 0 Å². The second-order valence-electron chi connectivity index (χ2n) is 6.04. The van der Waals surface area contributed by atoms with Gasteiger partial charge in [-0.05, 0) is 0 Å². The molecule has 12 N–H and O–H groups in total. The van der Waals surface area contributed by atoms with Crippen LogP contribution in [0.3, 0.4) is 0 Å². The second-order valence-corrected chi connectivity index (χ2v) is 14.3. The summed E-state index contributed by atoms with van der Waals surface area (Å²) in [6, 6.07) is 0. The average molecular weight is 563 g/mol. The number of nitrogens with two attached hydrogens (primary N) is 4. The summed E-state index contributed by atoms with van der Waals surface area (Å²) in [6.07, 6.45) is 0. The van der Waals surface area contributed by atoms with Gasteiger partial charge in [-0.2, -0.15) is 58.8 Å². The SMILES string of the molecule is N=C(N)CSCCSCC(CSC(=N)N)SC(CSCCSCC(=N)N)CSC(=N)N. The maximum absolute atomic E-state index is 7.53. The predicted molar refractivity (Wildman–Crippen MR) is 157 cm³/mol. The van der Waals surface area contributed by atoms with E-state index in [0.717, 1.165) is 46.0 Å². The number of rotatable bonds is 20. The molecule has 0 saturated carbocycles. The van der Waals surface area contributed by atoms with E-state index in [1.165, 1.54) is 23.5 Å². The Morgan fingerprint density at radius 1 is 0.548 bits per heavy atom. The monoisotopic (exact) mass is 562 g/mol. The number of hydrogen-bond acceptors (Lipinski definition) is 11. The standard InChI is InChI=1S/C16H34N8S7/c17-13(18)9-27-3-1-25-5-11(7-29-15(21)22)31-12(8-30-16(23)24)6-26-2-4-28-10-14(19)20/h11-12H,1-10H2,(H3,17,18)(H3,19,20)(H3,21,22)(H3,23,24). The fraction of sp³-hybridized carbons (Fsp3) is 0.750. The lowest BCUT2D eigenvalue weighted by Crippen LogP contribution is -2.23. The molecule has 0 aromatic carbocycles. The molecule has 0 fully saturated rings. The minimum atomic E-state index is 0.138. The van der Waals surface area contributed by atoms with E-state index in [1.54, 1.807) is 23.5 Å². The lowest BCUT2D eigenvalue weighted by molar-refractivity contribution is 1.09. The van der Waals surface area contributed by atoms with Crippen LogP contribution in [0.5, 0.6) is 0 Å². The van der Waals surface area contributed by atoms with E-state index in [4.69, 9.17) is 44.6 Å². The molecule has 0 aromatic rings. The summed E-state index contributed by atoms with van der Waals surface area (Å²) in [7, 11) is 0. The molecule has 0 heterocycles. The van der Waals surface area contributed by atoms with E-state index in [0.29, 0.717) is 22.0 Å². The Morgan fingerprint density at radius 2 is 0.903 bits per heavy atom. The quantitative estimate of drug-likeness (QED) is 0.0615. The molecule has 0 radical (unpaired) electrons. The van der Waals surface area contributed by atoms with Crippen molar-refractivity contribution in [2.45, 2.75) is 10.5 Å². The van der Waals surface area contributed by atoms with Crippen LogP contribution in [-0.2, 0) is 0 Å². The highest BCUT2D eigenvalue weighted by Gasteiger charge is 2.19. The van der Waals surface area contributed by atoms with Gasteiger partial charge in [-0.25, -0.2) is 0 Å². The third-order valence-corrected chi connectivity index (χ3v) is 11.9. The van der Waals surface area contributed by atoms with Crippen LogP contribution in [0.4, 0.5) is 0 Å². The van der Waals surface area contributed by atoms with Gasteiger partial charge in [0.15, 0.2) is 10.3 Å².